The van der Waals surface area contributed by atoms with Crippen molar-refractivity contribution in [2.24, 2.45) is 5.73 Å². The second-order valence-corrected chi connectivity index (χ2v) is 4.17. The quantitative estimate of drug-likeness (QED) is 0.690. The average molecular weight is 291 g/mol. The molecule has 9 nitrogen and oxygen atoms in total. The van der Waals surface area contributed by atoms with Crippen molar-refractivity contribution in [2.75, 3.05) is 7.11 Å². The lowest BCUT2D eigenvalue weighted by atomic mass is 10.1. The number of nitrogens with zero attached hydrogens (tertiary/aromatic N) is 4. The molecule has 0 aliphatic heterocycles. The van der Waals surface area contributed by atoms with Gasteiger partial charge in [0.2, 0.25) is 11.6 Å². The van der Waals surface area contributed by atoms with Crippen molar-refractivity contribution in [1.29, 1.82) is 0 Å². The monoisotopic (exact) mass is 291 g/mol. The lowest BCUT2D eigenvalue weighted by Gasteiger charge is -2.02. The van der Waals surface area contributed by atoms with Gasteiger partial charge in [0.05, 0.1) is 12.8 Å². The van der Waals surface area contributed by atoms with Crippen LogP contribution in [0.4, 0.5) is 0 Å². The molecule has 1 aromatic carbocycles. The highest BCUT2D eigenvalue weighted by Crippen LogP contribution is 2.13. The van der Waals surface area contributed by atoms with Gasteiger partial charge >= 0.3 is 5.97 Å². The topological polar surface area (TPSA) is 133 Å². The molecule has 0 aliphatic carbocycles. The second kappa shape index (κ2) is 6.09. The van der Waals surface area contributed by atoms with Gasteiger partial charge in [0, 0.05) is 6.42 Å². The average Bonchev–Trinajstić information content (AvgIpc) is 2.97. The summed E-state index contributed by atoms with van der Waals surface area (Å²) in [6, 6.07) is 5.52. The fraction of sp³-hybridized carbons (Fsp3) is 0.250. The second-order valence-electron chi connectivity index (χ2n) is 4.17. The van der Waals surface area contributed by atoms with Gasteiger partial charge < -0.3 is 15.6 Å². The fourth-order valence-corrected chi connectivity index (χ4v) is 1.53. The molecule has 1 aromatic heterocycles. The summed E-state index contributed by atoms with van der Waals surface area (Å²) in [7, 11) is 1.55. The first-order valence-corrected chi connectivity index (χ1v) is 5.97. The number of carbonyl (C=O) groups is 2. The van der Waals surface area contributed by atoms with Gasteiger partial charge in [0.25, 0.3) is 0 Å². The van der Waals surface area contributed by atoms with Crippen molar-refractivity contribution in [3.63, 3.8) is 0 Å². The largest absolute Gasteiger partial charge is 0.497 e. The molecular weight excluding hydrogens is 278 g/mol. The molecule has 0 spiro atoms. The van der Waals surface area contributed by atoms with Crippen LogP contribution in [0.5, 0.6) is 5.75 Å². The number of ether oxygens (including phenoxy) is 1. The molecule has 2 aromatic rings. The molecule has 110 valence electrons. The van der Waals surface area contributed by atoms with Gasteiger partial charge in [-0.1, -0.05) is 0 Å². The first kappa shape index (κ1) is 14.6. The number of aliphatic carboxylic acids is 1. The van der Waals surface area contributed by atoms with Crippen LogP contribution in [0.3, 0.4) is 0 Å². The maximum absolute atomic E-state index is 11.8. The number of ketones is 1. The molecule has 1 heterocycles. The number of nitrogens with two attached hydrogens (primary N) is 1. The molecule has 0 saturated carbocycles. The number of tetrazole rings is 1. The molecule has 0 fully saturated rings. The van der Waals surface area contributed by atoms with Crippen LogP contribution in [0, 0.1) is 0 Å². The SMILES string of the molecule is COc1ccc(-n2nnc(C(=O)CC(N)C(=O)O)n2)cc1. The van der Waals surface area contributed by atoms with E-state index in [1.165, 1.54) is 4.80 Å². The normalized spacial score (nSPS) is 11.9. The van der Waals surface area contributed by atoms with Gasteiger partial charge in [-0.05, 0) is 29.5 Å². The zero-order valence-electron chi connectivity index (χ0n) is 11.1. The highest BCUT2D eigenvalue weighted by molar-refractivity contribution is 5.95. The number of carboxylic acid groups (broad SMARTS) is 1. The van der Waals surface area contributed by atoms with Crippen molar-refractivity contribution < 1.29 is 19.4 Å². The molecule has 0 aliphatic rings. The van der Waals surface area contributed by atoms with E-state index in [-0.39, 0.29) is 12.2 Å². The summed E-state index contributed by atoms with van der Waals surface area (Å²) in [4.78, 5) is 23.5. The Morgan fingerprint density at radius 1 is 1.38 bits per heavy atom. The first-order valence-electron chi connectivity index (χ1n) is 5.97. The Balaban J connectivity index is 2.13. The van der Waals surface area contributed by atoms with E-state index in [2.05, 4.69) is 15.4 Å². The molecule has 0 saturated heterocycles. The van der Waals surface area contributed by atoms with Gasteiger partial charge in [0.15, 0.2) is 0 Å². The Hall–Kier alpha value is -2.81. The molecule has 0 amide bonds. The molecule has 2 rings (SSSR count). The third-order valence-electron chi connectivity index (χ3n) is 2.69. The molecule has 3 N–H and O–H groups in total. The number of aromatic nitrogens is 4. The molecule has 0 bridgehead atoms. The highest BCUT2D eigenvalue weighted by Gasteiger charge is 2.21. The van der Waals surface area contributed by atoms with E-state index in [0.717, 1.165) is 0 Å². The van der Waals surface area contributed by atoms with E-state index in [1.807, 2.05) is 0 Å². The lowest BCUT2D eigenvalue weighted by molar-refractivity contribution is -0.138. The minimum absolute atomic E-state index is 0.178. The fourth-order valence-electron chi connectivity index (χ4n) is 1.53. The number of hydrogen-bond donors (Lipinski definition) is 2. The standard InChI is InChI=1S/C12H13N5O4/c1-21-8-4-2-7(3-5-8)17-15-11(14-16-17)10(18)6-9(13)12(19)20/h2-5,9H,6,13H2,1H3,(H,19,20). The van der Waals surface area contributed by atoms with Crippen molar-refractivity contribution in [3.05, 3.63) is 30.1 Å². The van der Waals surface area contributed by atoms with Crippen LogP contribution in [0.15, 0.2) is 24.3 Å². The number of methoxy groups -OCH3 is 1. The maximum Gasteiger partial charge on any atom is 0.320 e. The Morgan fingerprint density at radius 3 is 2.62 bits per heavy atom. The summed E-state index contributed by atoms with van der Waals surface area (Å²) < 4.78 is 5.03. The van der Waals surface area contributed by atoms with Crippen LogP contribution < -0.4 is 10.5 Å². The number of Topliss-reactive ketones (excluding diaryl/α,β-unsaturated/α-hetero) is 1. The highest BCUT2D eigenvalue weighted by atomic mass is 16.5. The molecule has 9 heteroatoms. The van der Waals surface area contributed by atoms with E-state index in [4.69, 9.17) is 15.6 Å². The lowest BCUT2D eigenvalue weighted by Crippen LogP contribution is -2.32. The summed E-state index contributed by atoms with van der Waals surface area (Å²) >= 11 is 0. The van der Waals surface area contributed by atoms with Crippen molar-refractivity contribution >= 4 is 11.8 Å². The van der Waals surface area contributed by atoms with Gasteiger partial charge in [-0.15, -0.1) is 15.0 Å². The number of hydrogen-bond acceptors (Lipinski definition) is 7. The van der Waals surface area contributed by atoms with Gasteiger partial charge in [-0.3, -0.25) is 9.59 Å². The smallest absolute Gasteiger partial charge is 0.320 e. The predicted molar refractivity (Wildman–Crippen MR) is 70.3 cm³/mol. The van der Waals surface area contributed by atoms with Crippen molar-refractivity contribution in [2.45, 2.75) is 12.5 Å². The molecule has 0 radical (unpaired) electrons. The Morgan fingerprint density at radius 2 is 2.05 bits per heavy atom. The van der Waals surface area contributed by atoms with E-state index in [1.54, 1.807) is 31.4 Å². The predicted octanol–water partition coefficient (Wildman–Crippen LogP) is -0.344. The number of rotatable bonds is 6. The van der Waals surface area contributed by atoms with Crippen LogP contribution in [-0.4, -0.2) is 50.2 Å². The zero-order valence-corrected chi connectivity index (χ0v) is 11.1. The molecule has 21 heavy (non-hydrogen) atoms. The van der Waals surface area contributed by atoms with Crippen LogP contribution in [0.25, 0.3) is 5.69 Å². The minimum atomic E-state index is -1.29. The molecule has 1 atom stereocenters. The van der Waals surface area contributed by atoms with E-state index >= 15 is 0 Å². The van der Waals surface area contributed by atoms with Gasteiger partial charge in [-0.2, -0.15) is 0 Å². The number of benzene rings is 1. The van der Waals surface area contributed by atoms with Crippen molar-refractivity contribution in [1.82, 2.24) is 20.2 Å². The van der Waals surface area contributed by atoms with Crippen LogP contribution in [-0.2, 0) is 4.79 Å². The third-order valence-corrected chi connectivity index (χ3v) is 2.69. The summed E-state index contributed by atoms with van der Waals surface area (Å²) in [6.07, 6.45) is -0.385. The van der Waals surface area contributed by atoms with Gasteiger partial charge in [0.1, 0.15) is 11.8 Å². The summed E-state index contributed by atoms with van der Waals surface area (Å²) in [5.74, 6) is -1.35. The van der Waals surface area contributed by atoms with Crippen LogP contribution in [0.1, 0.15) is 17.0 Å². The molecule has 1 unspecified atom stereocenters. The molecular formula is C12H13N5O4. The number of carbonyl (C=O) groups excluding carboxylic acids is 1. The third kappa shape index (κ3) is 3.39. The van der Waals surface area contributed by atoms with Crippen LogP contribution in [0.2, 0.25) is 0 Å². The first-order chi connectivity index (χ1) is 10.0. The van der Waals surface area contributed by atoms with E-state index in [9.17, 15) is 9.59 Å². The Bertz CT molecular complexity index is 652. The Labute approximate surface area is 119 Å². The maximum atomic E-state index is 11.8. The Kier molecular flexibility index (Phi) is 4.24. The van der Waals surface area contributed by atoms with Crippen molar-refractivity contribution in [3.8, 4) is 11.4 Å². The van der Waals surface area contributed by atoms with E-state index in [0.29, 0.717) is 11.4 Å². The summed E-state index contributed by atoms with van der Waals surface area (Å²) in [5, 5.41) is 19.9. The number of carboxylic acids is 1. The van der Waals surface area contributed by atoms with Crippen LogP contribution >= 0.6 is 0 Å². The summed E-state index contributed by atoms with van der Waals surface area (Å²) in [6.45, 7) is 0. The minimum Gasteiger partial charge on any atom is -0.497 e. The zero-order chi connectivity index (χ0) is 15.4. The van der Waals surface area contributed by atoms with E-state index < -0.39 is 17.8 Å². The summed E-state index contributed by atoms with van der Waals surface area (Å²) in [5.41, 5.74) is 5.88. The van der Waals surface area contributed by atoms with Gasteiger partial charge in [-0.25, -0.2) is 0 Å².